The number of benzene rings is 1. The van der Waals surface area contributed by atoms with Crippen molar-refractivity contribution in [3.05, 3.63) is 29.8 Å². The highest BCUT2D eigenvalue weighted by Gasteiger charge is 2.12. The van der Waals surface area contributed by atoms with Gasteiger partial charge in [0.05, 0.1) is 0 Å². The summed E-state index contributed by atoms with van der Waals surface area (Å²) >= 11 is 1.90. The molecule has 0 aliphatic rings. The second kappa shape index (κ2) is 7.82. The molecular weight excluding hydrogens is 240 g/mol. The summed E-state index contributed by atoms with van der Waals surface area (Å²) in [5.74, 6) is 0.548. The maximum absolute atomic E-state index is 5.70. The van der Waals surface area contributed by atoms with Crippen molar-refractivity contribution in [2.75, 3.05) is 13.6 Å². The van der Waals surface area contributed by atoms with Crippen LogP contribution in [0.15, 0.2) is 29.2 Å². The first-order valence-corrected chi connectivity index (χ1v) is 7.58. The predicted molar refractivity (Wildman–Crippen MR) is 82.1 cm³/mol. The lowest BCUT2D eigenvalue weighted by atomic mass is 9.96. The van der Waals surface area contributed by atoms with Crippen molar-refractivity contribution < 1.29 is 0 Å². The SMILES string of the molecule is CNC(CC(C)CN)c1ccc(SC(C)C)cc1. The summed E-state index contributed by atoms with van der Waals surface area (Å²) in [4.78, 5) is 1.34. The zero-order valence-corrected chi connectivity index (χ0v) is 12.8. The number of hydrogen-bond donors (Lipinski definition) is 2. The first-order chi connectivity index (χ1) is 8.56. The maximum Gasteiger partial charge on any atom is 0.0320 e. The average molecular weight is 266 g/mol. The highest BCUT2D eigenvalue weighted by Crippen LogP contribution is 2.26. The van der Waals surface area contributed by atoms with Gasteiger partial charge in [-0.15, -0.1) is 11.8 Å². The van der Waals surface area contributed by atoms with E-state index in [0.717, 1.165) is 13.0 Å². The van der Waals surface area contributed by atoms with Crippen LogP contribution in [-0.4, -0.2) is 18.8 Å². The van der Waals surface area contributed by atoms with Crippen molar-refractivity contribution >= 4 is 11.8 Å². The Kier molecular flexibility index (Phi) is 6.76. The molecule has 1 aromatic carbocycles. The van der Waals surface area contributed by atoms with Gasteiger partial charge in [0, 0.05) is 16.2 Å². The molecule has 0 aliphatic heterocycles. The molecule has 2 atom stereocenters. The molecule has 0 spiro atoms. The molecule has 1 rings (SSSR count). The fraction of sp³-hybridized carbons (Fsp3) is 0.600. The maximum atomic E-state index is 5.70. The molecule has 3 N–H and O–H groups in total. The lowest BCUT2D eigenvalue weighted by Gasteiger charge is -2.20. The highest BCUT2D eigenvalue weighted by molar-refractivity contribution is 7.99. The molecule has 1 aromatic rings. The minimum Gasteiger partial charge on any atom is -0.330 e. The van der Waals surface area contributed by atoms with Crippen LogP contribution in [0.2, 0.25) is 0 Å². The van der Waals surface area contributed by atoms with E-state index in [-0.39, 0.29) is 0 Å². The predicted octanol–water partition coefficient (Wildman–Crippen LogP) is 3.43. The van der Waals surface area contributed by atoms with Crippen molar-refractivity contribution in [1.82, 2.24) is 5.32 Å². The van der Waals surface area contributed by atoms with Crippen LogP contribution < -0.4 is 11.1 Å². The smallest absolute Gasteiger partial charge is 0.0320 e. The fourth-order valence-corrected chi connectivity index (χ4v) is 2.81. The monoisotopic (exact) mass is 266 g/mol. The van der Waals surface area contributed by atoms with Crippen molar-refractivity contribution in [2.24, 2.45) is 11.7 Å². The van der Waals surface area contributed by atoms with E-state index in [1.54, 1.807) is 0 Å². The second-order valence-electron chi connectivity index (χ2n) is 5.15. The molecule has 2 nitrogen and oxygen atoms in total. The van der Waals surface area contributed by atoms with Crippen LogP contribution in [0.25, 0.3) is 0 Å². The third kappa shape index (κ3) is 5.01. The standard InChI is InChI=1S/C15H26N2S/c1-11(2)18-14-7-5-13(6-8-14)15(17-4)9-12(3)10-16/h5-8,11-12,15,17H,9-10,16H2,1-4H3. The van der Waals surface area contributed by atoms with Crippen LogP contribution >= 0.6 is 11.8 Å². The summed E-state index contributed by atoms with van der Waals surface area (Å²) in [7, 11) is 2.02. The van der Waals surface area contributed by atoms with Crippen molar-refractivity contribution in [2.45, 2.75) is 43.4 Å². The lowest BCUT2D eigenvalue weighted by molar-refractivity contribution is 0.438. The van der Waals surface area contributed by atoms with Crippen LogP contribution in [0.5, 0.6) is 0 Å². The van der Waals surface area contributed by atoms with Gasteiger partial charge in [-0.05, 0) is 43.6 Å². The molecule has 0 amide bonds. The number of hydrogen-bond acceptors (Lipinski definition) is 3. The Morgan fingerprint density at radius 1 is 1.17 bits per heavy atom. The molecule has 18 heavy (non-hydrogen) atoms. The molecule has 0 saturated carbocycles. The minimum absolute atomic E-state index is 0.404. The molecule has 0 bridgehead atoms. The average Bonchev–Trinajstić information content (AvgIpc) is 2.36. The van der Waals surface area contributed by atoms with E-state index in [1.807, 2.05) is 18.8 Å². The van der Waals surface area contributed by atoms with E-state index in [1.165, 1.54) is 10.5 Å². The van der Waals surface area contributed by atoms with E-state index < -0.39 is 0 Å². The molecule has 0 saturated heterocycles. The summed E-state index contributed by atoms with van der Waals surface area (Å²) in [6.45, 7) is 7.39. The Hall–Kier alpha value is -0.510. The van der Waals surface area contributed by atoms with Crippen molar-refractivity contribution in [3.8, 4) is 0 Å². The fourth-order valence-electron chi connectivity index (χ4n) is 1.97. The van der Waals surface area contributed by atoms with Crippen LogP contribution in [0, 0.1) is 5.92 Å². The molecule has 0 heterocycles. The molecule has 102 valence electrons. The Labute approximate surface area is 116 Å². The van der Waals surface area contributed by atoms with Gasteiger partial charge in [-0.3, -0.25) is 0 Å². The van der Waals surface area contributed by atoms with Gasteiger partial charge >= 0.3 is 0 Å². The lowest BCUT2D eigenvalue weighted by Crippen LogP contribution is -2.22. The molecule has 0 radical (unpaired) electrons. The zero-order valence-electron chi connectivity index (χ0n) is 11.9. The summed E-state index contributed by atoms with van der Waals surface area (Å²) in [6.07, 6.45) is 1.09. The number of thioether (sulfide) groups is 1. The van der Waals surface area contributed by atoms with Crippen LogP contribution in [-0.2, 0) is 0 Å². The third-order valence-electron chi connectivity index (χ3n) is 3.04. The van der Waals surface area contributed by atoms with Gasteiger partial charge in [-0.2, -0.15) is 0 Å². The Balaban J connectivity index is 2.69. The Bertz CT molecular complexity index is 335. The van der Waals surface area contributed by atoms with Crippen molar-refractivity contribution in [1.29, 1.82) is 0 Å². The molecule has 3 heteroatoms. The highest BCUT2D eigenvalue weighted by atomic mass is 32.2. The summed E-state index contributed by atoms with van der Waals surface area (Å²) in [5, 5.41) is 4.01. The first-order valence-electron chi connectivity index (χ1n) is 6.70. The van der Waals surface area contributed by atoms with Crippen LogP contribution in [0.1, 0.15) is 38.8 Å². The Morgan fingerprint density at radius 2 is 1.78 bits per heavy atom. The number of nitrogens with one attached hydrogen (secondary N) is 1. The van der Waals surface area contributed by atoms with Gasteiger partial charge < -0.3 is 11.1 Å². The van der Waals surface area contributed by atoms with E-state index >= 15 is 0 Å². The molecule has 0 aliphatic carbocycles. The summed E-state index contributed by atoms with van der Waals surface area (Å²) < 4.78 is 0. The Morgan fingerprint density at radius 3 is 2.22 bits per heavy atom. The molecule has 0 aromatic heterocycles. The summed E-state index contributed by atoms with van der Waals surface area (Å²) in [5.41, 5.74) is 7.05. The van der Waals surface area contributed by atoms with Gasteiger partial charge in [-0.1, -0.05) is 32.9 Å². The number of nitrogens with two attached hydrogens (primary N) is 1. The van der Waals surface area contributed by atoms with E-state index in [0.29, 0.717) is 17.2 Å². The molecule has 2 unspecified atom stereocenters. The quantitative estimate of drug-likeness (QED) is 0.743. The van der Waals surface area contributed by atoms with Gasteiger partial charge in [0.1, 0.15) is 0 Å². The first kappa shape index (κ1) is 15.5. The van der Waals surface area contributed by atoms with Crippen LogP contribution in [0.4, 0.5) is 0 Å². The minimum atomic E-state index is 0.404. The topological polar surface area (TPSA) is 38.0 Å². The van der Waals surface area contributed by atoms with Crippen molar-refractivity contribution in [3.63, 3.8) is 0 Å². The number of rotatable bonds is 7. The van der Waals surface area contributed by atoms with Gasteiger partial charge in [0.25, 0.3) is 0 Å². The second-order valence-corrected chi connectivity index (χ2v) is 6.80. The molecular formula is C15H26N2S. The van der Waals surface area contributed by atoms with E-state index in [2.05, 4.69) is 50.4 Å². The van der Waals surface area contributed by atoms with Gasteiger partial charge in [-0.25, -0.2) is 0 Å². The van der Waals surface area contributed by atoms with Crippen LogP contribution in [0.3, 0.4) is 0 Å². The molecule has 0 fully saturated rings. The normalized spacial score (nSPS) is 14.8. The van der Waals surface area contributed by atoms with Gasteiger partial charge in [0.15, 0.2) is 0 Å². The summed E-state index contributed by atoms with van der Waals surface area (Å²) in [6, 6.07) is 9.31. The largest absolute Gasteiger partial charge is 0.330 e. The zero-order chi connectivity index (χ0) is 13.5. The van der Waals surface area contributed by atoms with Gasteiger partial charge in [0.2, 0.25) is 0 Å². The van der Waals surface area contributed by atoms with E-state index in [9.17, 15) is 0 Å². The van der Waals surface area contributed by atoms with E-state index in [4.69, 9.17) is 5.73 Å². The third-order valence-corrected chi connectivity index (χ3v) is 4.06.